The van der Waals surface area contributed by atoms with Crippen molar-refractivity contribution in [2.24, 2.45) is 0 Å². The summed E-state index contributed by atoms with van der Waals surface area (Å²) in [6, 6.07) is 11.4. The van der Waals surface area contributed by atoms with Gasteiger partial charge in [0.2, 0.25) is 0 Å². The third kappa shape index (κ3) is 4.11. The highest BCUT2D eigenvalue weighted by atomic mass is 35.5. The van der Waals surface area contributed by atoms with Gasteiger partial charge >= 0.3 is 5.97 Å². The number of halogens is 1. The lowest BCUT2D eigenvalue weighted by Gasteiger charge is -2.11. The van der Waals surface area contributed by atoms with E-state index in [1.54, 1.807) is 6.07 Å². The molecule has 0 aliphatic heterocycles. The molecule has 1 heterocycles. The molecular weight excluding hydrogens is 354 g/mol. The number of hydrogen-bond acceptors (Lipinski definition) is 3. The number of fused-ring (bicyclic) bond motifs is 1. The lowest BCUT2D eigenvalue weighted by Crippen LogP contribution is -2.10. The Bertz CT molecular complexity index is 925. The van der Waals surface area contributed by atoms with Crippen LogP contribution < -0.4 is 9.47 Å². The van der Waals surface area contributed by atoms with Crippen molar-refractivity contribution in [2.75, 3.05) is 13.2 Å². The fourth-order valence-corrected chi connectivity index (χ4v) is 2.95. The zero-order valence-electron chi connectivity index (χ0n) is 14.7. The van der Waals surface area contributed by atoms with Crippen LogP contribution in [0.15, 0.2) is 42.6 Å². The van der Waals surface area contributed by atoms with Crippen LogP contribution in [-0.2, 0) is 11.3 Å². The van der Waals surface area contributed by atoms with Gasteiger partial charge in [-0.05, 0) is 60.7 Å². The van der Waals surface area contributed by atoms with Gasteiger partial charge in [-0.25, -0.2) is 4.79 Å². The van der Waals surface area contributed by atoms with Crippen molar-refractivity contribution in [1.29, 1.82) is 0 Å². The van der Waals surface area contributed by atoms with Gasteiger partial charge in [-0.1, -0.05) is 11.6 Å². The smallest absolute Gasteiger partial charge is 0.341 e. The molecule has 0 aliphatic rings. The largest absolute Gasteiger partial charge is 0.492 e. The van der Waals surface area contributed by atoms with E-state index in [0.29, 0.717) is 18.9 Å². The van der Waals surface area contributed by atoms with E-state index >= 15 is 0 Å². The first-order valence-electron chi connectivity index (χ1n) is 8.27. The maximum Gasteiger partial charge on any atom is 0.341 e. The predicted molar refractivity (Wildman–Crippen MR) is 101 cm³/mol. The number of benzene rings is 2. The Morgan fingerprint density at radius 3 is 2.50 bits per heavy atom. The van der Waals surface area contributed by atoms with E-state index in [4.69, 9.17) is 26.2 Å². The van der Waals surface area contributed by atoms with Gasteiger partial charge in [0, 0.05) is 17.3 Å². The van der Waals surface area contributed by atoms with Crippen molar-refractivity contribution in [3.05, 3.63) is 58.7 Å². The van der Waals surface area contributed by atoms with E-state index in [9.17, 15) is 4.79 Å². The van der Waals surface area contributed by atoms with Crippen molar-refractivity contribution in [1.82, 2.24) is 4.57 Å². The molecule has 2 aromatic carbocycles. The number of aliphatic carboxylic acids is 1. The van der Waals surface area contributed by atoms with Crippen LogP contribution in [0.5, 0.6) is 11.5 Å². The molecular formula is C20H20ClNO4. The summed E-state index contributed by atoms with van der Waals surface area (Å²) in [5.41, 5.74) is 2.96. The number of hydrogen-bond donors (Lipinski definition) is 1. The van der Waals surface area contributed by atoms with Crippen LogP contribution in [0.25, 0.3) is 10.9 Å². The van der Waals surface area contributed by atoms with E-state index < -0.39 is 5.97 Å². The zero-order chi connectivity index (χ0) is 18.7. The maximum atomic E-state index is 10.6. The summed E-state index contributed by atoms with van der Waals surface area (Å²) in [6.45, 7) is 4.72. The number of aromatic nitrogens is 1. The number of rotatable bonds is 7. The van der Waals surface area contributed by atoms with Gasteiger partial charge in [-0.2, -0.15) is 0 Å². The molecule has 0 atom stereocenters. The van der Waals surface area contributed by atoms with E-state index in [0.717, 1.165) is 32.8 Å². The molecule has 0 bridgehead atoms. The Morgan fingerprint density at radius 2 is 1.81 bits per heavy atom. The molecule has 0 unspecified atom stereocenters. The van der Waals surface area contributed by atoms with Crippen molar-refractivity contribution in [2.45, 2.75) is 20.4 Å². The van der Waals surface area contributed by atoms with Gasteiger partial charge in [-0.3, -0.25) is 0 Å². The molecule has 0 aliphatic carbocycles. The SMILES string of the molecule is Cc1cc(OCCn2ccc3ccc(OCC(=O)O)cc32)cc(C)c1Cl. The molecule has 3 rings (SSSR count). The molecule has 0 radical (unpaired) electrons. The molecule has 0 amide bonds. The lowest BCUT2D eigenvalue weighted by atomic mass is 10.1. The van der Waals surface area contributed by atoms with Crippen molar-refractivity contribution >= 4 is 28.5 Å². The number of nitrogens with zero attached hydrogens (tertiary/aromatic N) is 1. The van der Waals surface area contributed by atoms with Gasteiger partial charge in [-0.15, -0.1) is 0 Å². The molecule has 0 saturated heterocycles. The van der Waals surface area contributed by atoms with Crippen molar-refractivity contribution in [3.8, 4) is 11.5 Å². The monoisotopic (exact) mass is 373 g/mol. The molecule has 0 saturated carbocycles. The number of carbonyl (C=O) groups is 1. The van der Waals surface area contributed by atoms with Crippen molar-refractivity contribution < 1.29 is 19.4 Å². The van der Waals surface area contributed by atoms with Gasteiger partial charge in [0.25, 0.3) is 0 Å². The lowest BCUT2D eigenvalue weighted by molar-refractivity contribution is -0.139. The van der Waals surface area contributed by atoms with Crippen LogP contribution in [-0.4, -0.2) is 28.9 Å². The van der Waals surface area contributed by atoms with E-state index in [-0.39, 0.29) is 6.61 Å². The third-order valence-corrected chi connectivity index (χ3v) is 4.71. The molecule has 26 heavy (non-hydrogen) atoms. The highest BCUT2D eigenvalue weighted by molar-refractivity contribution is 6.32. The molecule has 1 aromatic heterocycles. The number of carboxylic acids is 1. The Balaban J connectivity index is 1.68. The summed E-state index contributed by atoms with van der Waals surface area (Å²) in [5.74, 6) is 0.332. The Labute approximate surface area is 156 Å². The van der Waals surface area contributed by atoms with E-state index in [1.807, 2.05) is 50.4 Å². The molecule has 6 heteroatoms. The van der Waals surface area contributed by atoms with Crippen molar-refractivity contribution in [3.63, 3.8) is 0 Å². The molecule has 136 valence electrons. The summed E-state index contributed by atoms with van der Waals surface area (Å²) < 4.78 is 13.2. The minimum Gasteiger partial charge on any atom is -0.492 e. The molecule has 1 N–H and O–H groups in total. The Hall–Kier alpha value is -2.66. The van der Waals surface area contributed by atoms with Crippen LogP contribution >= 0.6 is 11.6 Å². The minimum absolute atomic E-state index is 0.357. The fourth-order valence-electron chi connectivity index (χ4n) is 2.84. The van der Waals surface area contributed by atoms with E-state index in [2.05, 4.69) is 4.57 Å². The molecule has 5 nitrogen and oxygen atoms in total. The van der Waals surface area contributed by atoms with Gasteiger partial charge < -0.3 is 19.1 Å². The normalized spacial score (nSPS) is 10.9. The second kappa shape index (κ2) is 7.70. The standard InChI is InChI=1S/C20H20ClNO4/c1-13-9-17(10-14(2)20(13)21)25-8-7-22-6-5-15-3-4-16(11-18(15)22)26-12-19(23)24/h3-6,9-11H,7-8,12H2,1-2H3,(H,23,24). The minimum atomic E-state index is -0.998. The molecule has 3 aromatic rings. The highest BCUT2D eigenvalue weighted by Gasteiger charge is 2.07. The number of carboxylic acid groups (broad SMARTS) is 1. The highest BCUT2D eigenvalue weighted by Crippen LogP contribution is 2.26. The summed E-state index contributed by atoms with van der Waals surface area (Å²) in [5, 5.41) is 10.6. The summed E-state index contributed by atoms with van der Waals surface area (Å²) in [4.78, 5) is 10.6. The summed E-state index contributed by atoms with van der Waals surface area (Å²) in [6.07, 6.45) is 1.98. The second-order valence-electron chi connectivity index (χ2n) is 6.13. The quantitative estimate of drug-likeness (QED) is 0.664. The van der Waals surface area contributed by atoms with Gasteiger partial charge in [0.05, 0.1) is 12.1 Å². The average molecular weight is 374 g/mol. The van der Waals surface area contributed by atoms with Crippen LogP contribution in [0, 0.1) is 13.8 Å². The van der Waals surface area contributed by atoms with Crippen LogP contribution in [0.1, 0.15) is 11.1 Å². The first-order valence-corrected chi connectivity index (χ1v) is 8.65. The van der Waals surface area contributed by atoms with E-state index in [1.165, 1.54) is 0 Å². The Kier molecular flexibility index (Phi) is 5.38. The maximum absolute atomic E-state index is 10.6. The molecule has 0 fully saturated rings. The first-order chi connectivity index (χ1) is 12.4. The average Bonchev–Trinajstić information content (AvgIpc) is 3.00. The zero-order valence-corrected chi connectivity index (χ0v) is 15.4. The van der Waals surface area contributed by atoms with Crippen LogP contribution in [0.2, 0.25) is 5.02 Å². The number of aryl methyl sites for hydroxylation is 2. The third-order valence-electron chi connectivity index (χ3n) is 4.12. The van der Waals surface area contributed by atoms with Crippen LogP contribution in [0.4, 0.5) is 0 Å². The van der Waals surface area contributed by atoms with Gasteiger partial charge in [0.1, 0.15) is 18.1 Å². The fraction of sp³-hybridized carbons (Fsp3) is 0.250. The van der Waals surface area contributed by atoms with Gasteiger partial charge in [0.15, 0.2) is 6.61 Å². The summed E-state index contributed by atoms with van der Waals surface area (Å²) >= 11 is 6.18. The topological polar surface area (TPSA) is 60.7 Å². The second-order valence-corrected chi connectivity index (χ2v) is 6.51. The Morgan fingerprint density at radius 1 is 1.08 bits per heavy atom. The first kappa shape index (κ1) is 18.1. The summed E-state index contributed by atoms with van der Waals surface area (Å²) in [7, 11) is 0. The molecule has 0 spiro atoms. The number of ether oxygens (including phenoxy) is 2. The predicted octanol–water partition coefficient (Wildman–Crippen LogP) is 4.45. The van der Waals surface area contributed by atoms with Crippen LogP contribution in [0.3, 0.4) is 0 Å².